The van der Waals surface area contributed by atoms with Gasteiger partial charge in [-0.3, -0.25) is 0 Å². The fraction of sp³-hybridized carbons (Fsp3) is 0.211. The predicted molar refractivity (Wildman–Crippen MR) is 101 cm³/mol. The minimum Gasteiger partial charge on any atom is -0.423 e. The fourth-order valence-electron chi connectivity index (χ4n) is 2.49. The second-order valence-corrected chi connectivity index (χ2v) is 10.5. The van der Waals surface area contributed by atoms with Crippen LogP contribution >= 0.6 is 0 Å². The number of hydrogen-bond donors (Lipinski definition) is 0. The lowest BCUT2D eigenvalue weighted by atomic mass is 10.2. The molecule has 3 aromatic rings. The average molecular weight is 441 g/mol. The van der Waals surface area contributed by atoms with E-state index in [1.54, 1.807) is 6.92 Å². The molecule has 2 aromatic carbocycles. The van der Waals surface area contributed by atoms with Crippen LogP contribution in [0.25, 0.3) is 11.5 Å². The molecule has 154 valence electrons. The van der Waals surface area contributed by atoms with Crippen LogP contribution in [0.4, 0.5) is 8.78 Å². The third-order valence-electron chi connectivity index (χ3n) is 4.40. The molecule has 0 aliphatic rings. The molecule has 0 saturated heterocycles. The number of nitrogens with zero attached hydrogens (tertiary/aromatic N) is 1. The molecule has 1 aromatic heterocycles. The number of halogens is 2. The Labute approximate surface area is 167 Å². The number of sulfone groups is 2. The van der Waals surface area contributed by atoms with Crippen LogP contribution in [0.15, 0.2) is 68.0 Å². The number of aromatic nitrogens is 1. The van der Waals surface area contributed by atoms with Crippen molar-refractivity contribution < 1.29 is 30.0 Å². The Morgan fingerprint density at radius 1 is 0.931 bits per heavy atom. The summed E-state index contributed by atoms with van der Waals surface area (Å²) in [7, 11) is -8.60. The highest BCUT2D eigenvalue weighted by molar-refractivity contribution is 7.94. The first-order valence-corrected chi connectivity index (χ1v) is 11.6. The Morgan fingerprint density at radius 3 is 1.97 bits per heavy atom. The van der Waals surface area contributed by atoms with Gasteiger partial charge in [0.1, 0.15) is 11.6 Å². The second kappa shape index (κ2) is 7.68. The summed E-state index contributed by atoms with van der Waals surface area (Å²) in [5.74, 6) is -1.47. The summed E-state index contributed by atoms with van der Waals surface area (Å²) in [6.45, 7) is 3.05. The van der Waals surface area contributed by atoms with Gasteiger partial charge in [0.2, 0.25) is 30.6 Å². The molecule has 0 fully saturated rings. The Morgan fingerprint density at radius 2 is 1.45 bits per heavy atom. The summed E-state index contributed by atoms with van der Waals surface area (Å²) in [4.78, 5) is 3.58. The van der Waals surface area contributed by atoms with E-state index < -0.39 is 46.7 Å². The van der Waals surface area contributed by atoms with Gasteiger partial charge >= 0.3 is 0 Å². The van der Waals surface area contributed by atoms with Crippen molar-refractivity contribution in [1.29, 1.82) is 0 Å². The molecule has 0 spiro atoms. The van der Waals surface area contributed by atoms with Crippen LogP contribution in [0.5, 0.6) is 0 Å². The van der Waals surface area contributed by atoms with Crippen molar-refractivity contribution in [3.05, 3.63) is 60.2 Å². The van der Waals surface area contributed by atoms with Crippen LogP contribution in [-0.4, -0.2) is 27.1 Å². The Hall–Kier alpha value is -2.59. The first-order valence-electron chi connectivity index (χ1n) is 8.58. The van der Waals surface area contributed by atoms with Gasteiger partial charge in [-0.25, -0.2) is 25.6 Å². The van der Waals surface area contributed by atoms with E-state index in [1.165, 1.54) is 19.1 Å². The summed E-state index contributed by atoms with van der Waals surface area (Å²) in [6, 6.07) is 8.69. The minimum atomic E-state index is -4.43. The third-order valence-corrected chi connectivity index (χ3v) is 8.39. The minimum absolute atomic E-state index is 0.201. The molecule has 3 rings (SSSR count). The second-order valence-electron chi connectivity index (χ2n) is 6.34. The molecule has 10 heteroatoms. The van der Waals surface area contributed by atoms with E-state index in [0.29, 0.717) is 0 Å². The fourth-order valence-corrected chi connectivity index (χ4v) is 5.63. The third kappa shape index (κ3) is 3.95. The van der Waals surface area contributed by atoms with E-state index in [1.807, 2.05) is 0 Å². The average Bonchev–Trinajstić information content (AvgIpc) is 3.15. The van der Waals surface area contributed by atoms with Gasteiger partial charge in [0, 0.05) is 5.56 Å². The number of oxazole rings is 1. The van der Waals surface area contributed by atoms with E-state index in [9.17, 15) is 25.6 Å². The summed E-state index contributed by atoms with van der Waals surface area (Å²) in [6.07, 6.45) is 0.213. The van der Waals surface area contributed by atoms with Gasteiger partial charge in [-0.1, -0.05) is 6.92 Å². The largest absolute Gasteiger partial charge is 0.423 e. The summed E-state index contributed by atoms with van der Waals surface area (Å²) >= 11 is 0. The molecule has 0 radical (unpaired) electrons. The highest BCUT2D eigenvalue weighted by atomic mass is 32.2. The molecular weight excluding hydrogens is 424 g/mol. The van der Waals surface area contributed by atoms with E-state index in [4.69, 9.17) is 4.42 Å². The SMILES string of the molecule is CC[C@@H](C)S(=O)(=O)c1oc(-c2ccc(F)cc2)nc1S(=O)(=O)c1ccc(F)cc1. The zero-order valence-electron chi connectivity index (χ0n) is 15.5. The maximum Gasteiger partial charge on any atom is 0.258 e. The Kier molecular flexibility index (Phi) is 5.59. The Bertz CT molecular complexity index is 1230. The number of rotatable bonds is 6. The maximum absolute atomic E-state index is 13.2. The quantitative estimate of drug-likeness (QED) is 0.536. The summed E-state index contributed by atoms with van der Waals surface area (Å²) in [5.41, 5.74) is 0.201. The van der Waals surface area contributed by atoms with Gasteiger partial charge in [-0.15, -0.1) is 0 Å². The molecule has 29 heavy (non-hydrogen) atoms. The lowest BCUT2D eigenvalue weighted by Crippen LogP contribution is -2.19. The van der Waals surface area contributed by atoms with Gasteiger partial charge in [0.05, 0.1) is 10.1 Å². The van der Waals surface area contributed by atoms with Crippen LogP contribution in [0.1, 0.15) is 20.3 Å². The molecule has 0 bridgehead atoms. The maximum atomic E-state index is 13.2. The topological polar surface area (TPSA) is 94.3 Å². The highest BCUT2D eigenvalue weighted by Gasteiger charge is 2.37. The lowest BCUT2D eigenvalue weighted by molar-refractivity contribution is 0.441. The van der Waals surface area contributed by atoms with Gasteiger partial charge < -0.3 is 4.42 Å². The zero-order chi connectivity index (χ0) is 21.4. The van der Waals surface area contributed by atoms with Crippen molar-refractivity contribution in [2.45, 2.75) is 40.5 Å². The summed E-state index contributed by atoms with van der Waals surface area (Å²) < 4.78 is 83.7. The standard InChI is InChI=1S/C19H17F2NO5S2/c1-3-12(2)28(23,24)19-18(29(25,26)16-10-8-15(21)9-11-16)22-17(27-19)13-4-6-14(20)7-5-13/h4-12H,3H2,1-2H3/t12-/m1/s1. The molecule has 0 unspecified atom stereocenters. The van der Waals surface area contributed by atoms with Crippen LogP contribution in [0.2, 0.25) is 0 Å². The molecule has 0 N–H and O–H groups in total. The molecule has 0 amide bonds. The first-order chi connectivity index (χ1) is 13.6. The Balaban J connectivity index is 2.26. The molecule has 0 saturated carbocycles. The van der Waals surface area contributed by atoms with Crippen molar-refractivity contribution in [2.75, 3.05) is 0 Å². The first kappa shape index (κ1) is 21.1. The predicted octanol–water partition coefficient (Wildman–Crippen LogP) is 4.02. The van der Waals surface area contributed by atoms with E-state index >= 15 is 0 Å². The monoisotopic (exact) mass is 441 g/mol. The van der Waals surface area contributed by atoms with Crippen LogP contribution < -0.4 is 0 Å². The number of benzene rings is 2. The van der Waals surface area contributed by atoms with Crippen molar-refractivity contribution >= 4 is 19.7 Å². The molecule has 0 aliphatic carbocycles. The normalized spacial score (nSPS) is 13.4. The number of hydrogen-bond acceptors (Lipinski definition) is 6. The molecule has 6 nitrogen and oxygen atoms in total. The van der Waals surface area contributed by atoms with E-state index in [-0.39, 0.29) is 22.8 Å². The van der Waals surface area contributed by atoms with Gasteiger partial charge in [0.15, 0.2) is 0 Å². The van der Waals surface area contributed by atoms with Crippen molar-refractivity contribution in [3.8, 4) is 11.5 Å². The van der Waals surface area contributed by atoms with Crippen LogP contribution in [-0.2, 0) is 19.7 Å². The van der Waals surface area contributed by atoms with E-state index in [2.05, 4.69) is 4.98 Å². The van der Waals surface area contributed by atoms with Gasteiger partial charge in [-0.2, -0.15) is 4.98 Å². The van der Waals surface area contributed by atoms with Crippen molar-refractivity contribution in [3.63, 3.8) is 0 Å². The van der Waals surface area contributed by atoms with Crippen LogP contribution in [0.3, 0.4) is 0 Å². The lowest BCUT2D eigenvalue weighted by Gasteiger charge is -2.09. The van der Waals surface area contributed by atoms with Crippen molar-refractivity contribution in [2.24, 2.45) is 0 Å². The molecule has 1 atom stereocenters. The molecular formula is C19H17F2NO5S2. The van der Waals surface area contributed by atoms with E-state index in [0.717, 1.165) is 36.4 Å². The van der Waals surface area contributed by atoms with Crippen molar-refractivity contribution in [1.82, 2.24) is 4.98 Å². The van der Waals surface area contributed by atoms with Gasteiger partial charge in [-0.05, 0) is 61.9 Å². The zero-order valence-corrected chi connectivity index (χ0v) is 17.1. The van der Waals surface area contributed by atoms with Crippen LogP contribution in [0, 0.1) is 11.6 Å². The summed E-state index contributed by atoms with van der Waals surface area (Å²) in [5, 5.41) is -2.52. The smallest absolute Gasteiger partial charge is 0.258 e. The molecule has 1 heterocycles. The molecule has 0 aliphatic heterocycles. The highest BCUT2D eigenvalue weighted by Crippen LogP contribution is 2.34. The van der Waals surface area contributed by atoms with Gasteiger partial charge in [0.25, 0.3) is 5.09 Å².